The Morgan fingerprint density at radius 1 is 1.54 bits per heavy atom. The lowest BCUT2D eigenvalue weighted by molar-refractivity contribution is 0.414. The first kappa shape index (κ1) is 8.06. The molecule has 0 aliphatic heterocycles. The monoisotopic (exact) mass is 199 g/mol. The highest BCUT2D eigenvalue weighted by atomic mass is 35.5. The predicted molar refractivity (Wildman–Crippen MR) is 46.8 cm³/mol. The number of hydrogen-bond donors (Lipinski definition) is 1. The number of nitrogens with two attached hydrogens (primary N) is 1. The van der Waals surface area contributed by atoms with Gasteiger partial charge >= 0.3 is 0 Å². The predicted octanol–water partition coefficient (Wildman–Crippen LogP) is 0.368. The molecular formula is C6H6ClN5O. The Morgan fingerprint density at radius 2 is 2.31 bits per heavy atom. The van der Waals surface area contributed by atoms with Crippen molar-refractivity contribution in [2.75, 3.05) is 12.8 Å². The summed E-state index contributed by atoms with van der Waals surface area (Å²) in [4.78, 5) is 3.85. The van der Waals surface area contributed by atoms with Crippen molar-refractivity contribution in [3.8, 4) is 5.75 Å². The summed E-state index contributed by atoms with van der Waals surface area (Å²) in [6.07, 6.45) is 1.46. The third kappa shape index (κ3) is 1.06. The number of nitrogen functional groups attached to an aromatic ring is 1. The van der Waals surface area contributed by atoms with E-state index in [0.29, 0.717) is 11.4 Å². The fourth-order valence-corrected chi connectivity index (χ4v) is 1.22. The second-order valence-corrected chi connectivity index (χ2v) is 2.65. The molecule has 0 spiro atoms. The van der Waals surface area contributed by atoms with Gasteiger partial charge in [0, 0.05) is 0 Å². The highest BCUT2D eigenvalue weighted by Crippen LogP contribution is 2.21. The fraction of sp³-hybridized carbons (Fsp3) is 0.167. The summed E-state index contributed by atoms with van der Waals surface area (Å²) in [5, 5.41) is 7.65. The number of methoxy groups -OCH3 is 1. The summed E-state index contributed by atoms with van der Waals surface area (Å²) < 4.78 is 6.40. The van der Waals surface area contributed by atoms with Gasteiger partial charge in [-0.05, 0) is 11.6 Å². The Balaban J connectivity index is 2.87. The number of rotatable bonds is 1. The molecule has 0 aromatic carbocycles. The van der Waals surface area contributed by atoms with Crippen LogP contribution in [0.3, 0.4) is 0 Å². The van der Waals surface area contributed by atoms with Crippen molar-refractivity contribution in [2.24, 2.45) is 0 Å². The summed E-state index contributed by atoms with van der Waals surface area (Å²) in [6.45, 7) is 0. The molecule has 0 fully saturated rings. The Hall–Kier alpha value is -1.56. The van der Waals surface area contributed by atoms with Crippen molar-refractivity contribution in [1.82, 2.24) is 19.6 Å². The summed E-state index contributed by atoms with van der Waals surface area (Å²) in [7, 11) is 1.51. The Labute approximate surface area is 78.3 Å². The molecule has 0 saturated carbocycles. The van der Waals surface area contributed by atoms with Crippen LogP contribution >= 0.6 is 11.6 Å². The number of halogens is 1. The van der Waals surface area contributed by atoms with Gasteiger partial charge in [0.2, 0.25) is 16.9 Å². The van der Waals surface area contributed by atoms with Crippen molar-refractivity contribution in [2.45, 2.75) is 0 Å². The van der Waals surface area contributed by atoms with Gasteiger partial charge in [-0.3, -0.25) is 0 Å². The number of nitrogens with zero attached hydrogens (tertiary/aromatic N) is 4. The van der Waals surface area contributed by atoms with Gasteiger partial charge in [0.25, 0.3) is 0 Å². The van der Waals surface area contributed by atoms with E-state index in [4.69, 9.17) is 22.1 Å². The standard InChI is InChI=1S/C6H6ClN5O/c1-13-3-2-9-5(7)12-4(3)10-11-6(12)8/h2H,1H3,(H2,8,11). The lowest BCUT2D eigenvalue weighted by Crippen LogP contribution is -1.98. The van der Waals surface area contributed by atoms with Crippen LogP contribution in [-0.2, 0) is 0 Å². The Kier molecular flexibility index (Phi) is 1.70. The molecule has 2 rings (SSSR count). The molecule has 2 heterocycles. The van der Waals surface area contributed by atoms with Gasteiger partial charge in [0.05, 0.1) is 13.3 Å². The molecular weight excluding hydrogens is 194 g/mol. The summed E-state index contributed by atoms with van der Waals surface area (Å²) >= 11 is 5.77. The first-order chi connectivity index (χ1) is 6.24. The Morgan fingerprint density at radius 3 is 3.00 bits per heavy atom. The van der Waals surface area contributed by atoms with Crippen LogP contribution in [0.2, 0.25) is 5.28 Å². The average molecular weight is 200 g/mol. The average Bonchev–Trinajstić information content (AvgIpc) is 2.50. The van der Waals surface area contributed by atoms with E-state index >= 15 is 0 Å². The van der Waals surface area contributed by atoms with Gasteiger partial charge < -0.3 is 10.5 Å². The maximum atomic E-state index is 5.77. The van der Waals surface area contributed by atoms with Crippen LogP contribution in [0.25, 0.3) is 5.65 Å². The number of anilines is 1. The van der Waals surface area contributed by atoms with Crippen molar-refractivity contribution in [1.29, 1.82) is 0 Å². The topological polar surface area (TPSA) is 78.3 Å². The number of ether oxygens (including phenoxy) is 1. The lowest BCUT2D eigenvalue weighted by Gasteiger charge is -2.01. The fourth-order valence-electron chi connectivity index (χ4n) is 1.01. The summed E-state index contributed by atoms with van der Waals surface area (Å²) in [5.74, 6) is 0.667. The molecule has 6 nitrogen and oxygen atoms in total. The molecule has 0 atom stereocenters. The molecule has 0 aliphatic rings. The SMILES string of the molecule is COc1cnc(Cl)n2c(N)nnc12. The van der Waals surface area contributed by atoms with E-state index in [-0.39, 0.29) is 11.2 Å². The second-order valence-electron chi connectivity index (χ2n) is 2.31. The minimum atomic E-state index is 0.186. The first-order valence-corrected chi connectivity index (χ1v) is 3.81. The van der Waals surface area contributed by atoms with E-state index in [1.165, 1.54) is 17.7 Å². The third-order valence-corrected chi connectivity index (χ3v) is 1.87. The van der Waals surface area contributed by atoms with Crippen molar-refractivity contribution in [3.05, 3.63) is 11.5 Å². The number of aromatic nitrogens is 4. The molecule has 2 aromatic rings. The highest BCUT2D eigenvalue weighted by molar-refractivity contribution is 6.28. The molecule has 2 aromatic heterocycles. The highest BCUT2D eigenvalue weighted by Gasteiger charge is 2.11. The van der Waals surface area contributed by atoms with Crippen LogP contribution < -0.4 is 10.5 Å². The quantitative estimate of drug-likeness (QED) is 0.672. The van der Waals surface area contributed by atoms with Gasteiger partial charge in [-0.25, -0.2) is 9.38 Å². The minimum absolute atomic E-state index is 0.186. The normalized spacial score (nSPS) is 10.6. The van der Waals surface area contributed by atoms with E-state index in [9.17, 15) is 0 Å². The summed E-state index contributed by atoms with van der Waals surface area (Å²) in [5.41, 5.74) is 5.97. The van der Waals surface area contributed by atoms with E-state index in [0.717, 1.165) is 0 Å². The van der Waals surface area contributed by atoms with Crippen molar-refractivity contribution in [3.63, 3.8) is 0 Å². The van der Waals surface area contributed by atoms with Gasteiger partial charge in [-0.2, -0.15) is 0 Å². The first-order valence-electron chi connectivity index (χ1n) is 3.43. The molecule has 68 valence electrons. The Bertz CT molecular complexity index is 453. The molecule has 7 heteroatoms. The van der Waals surface area contributed by atoms with Gasteiger partial charge in [0.15, 0.2) is 5.75 Å². The number of fused-ring (bicyclic) bond motifs is 1. The van der Waals surface area contributed by atoms with E-state index < -0.39 is 0 Å². The van der Waals surface area contributed by atoms with Gasteiger partial charge in [-0.1, -0.05) is 0 Å². The molecule has 0 saturated heterocycles. The molecule has 0 unspecified atom stereocenters. The van der Waals surface area contributed by atoms with E-state index in [1.807, 2.05) is 0 Å². The van der Waals surface area contributed by atoms with Crippen molar-refractivity contribution < 1.29 is 4.74 Å². The van der Waals surface area contributed by atoms with E-state index in [1.54, 1.807) is 0 Å². The van der Waals surface area contributed by atoms with Crippen molar-refractivity contribution >= 4 is 23.2 Å². The smallest absolute Gasteiger partial charge is 0.228 e. The van der Waals surface area contributed by atoms with Gasteiger partial charge in [0.1, 0.15) is 0 Å². The molecule has 2 N–H and O–H groups in total. The minimum Gasteiger partial charge on any atom is -0.491 e. The lowest BCUT2D eigenvalue weighted by atomic mass is 10.5. The maximum absolute atomic E-state index is 5.77. The molecule has 13 heavy (non-hydrogen) atoms. The van der Waals surface area contributed by atoms with Crippen LogP contribution in [0, 0.1) is 0 Å². The zero-order valence-corrected chi connectivity index (χ0v) is 7.49. The second kappa shape index (κ2) is 2.74. The van der Waals surface area contributed by atoms with E-state index in [2.05, 4.69) is 15.2 Å². The van der Waals surface area contributed by atoms with Crippen LogP contribution in [0.4, 0.5) is 5.95 Å². The van der Waals surface area contributed by atoms with Crippen LogP contribution in [0.1, 0.15) is 0 Å². The molecule has 0 aliphatic carbocycles. The van der Waals surface area contributed by atoms with Crippen LogP contribution in [0.5, 0.6) is 5.75 Å². The third-order valence-electron chi connectivity index (χ3n) is 1.60. The molecule has 0 bridgehead atoms. The van der Waals surface area contributed by atoms with Crippen LogP contribution in [-0.4, -0.2) is 26.7 Å². The zero-order chi connectivity index (χ0) is 9.42. The largest absolute Gasteiger partial charge is 0.491 e. The number of hydrogen-bond acceptors (Lipinski definition) is 5. The summed E-state index contributed by atoms with van der Waals surface area (Å²) in [6, 6.07) is 0. The van der Waals surface area contributed by atoms with Crippen LogP contribution in [0.15, 0.2) is 6.20 Å². The maximum Gasteiger partial charge on any atom is 0.228 e. The molecule has 0 amide bonds. The zero-order valence-electron chi connectivity index (χ0n) is 6.73. The van der Waals surface area contributed by atoms with Gasteiger partial charge in [-0.15, -0.1) is 10.2 Å². The molecule has 0 radical (unpaired) electrons.